The second-order valence-corrected chi connectivity index (χ2v) is 4.01. The van der Waals surface area contributed by atoms with E-state index in [2.05, 4.69) is 10.4 Å². The minimum Gasteiger partial charge on any atom is -0.394 e. The first-order valence-electron chi connectivity index (χ1n) is 5.58. The van der Waals surface area contributed by atoms with E-state index in [1.165, 1.54) is 4.68 Å². The Labute approximate surface area is 103 Å². The molecule has 4 N–H and O–H groups in total. The van der Waals surface area contributed by atoms with Crippen LogP contribution in [0.25, 0.3) is 0 Å². The molecule has 0 aromatic carbocycles. The molecule has 0 radical (unpaired) electrons. The maximum atomic E-state index is 12.2. The number of aryl methyl sites for hydroxylation is 2. The van der Waals surface area contributed by atoms with Crippen molar-refractivity contribution in [3.63, 3.8) is 0 Å². The third-order valence-electron chi connectivity index (χ3n) is 2.45. The van der Waals surface area contributed by atoms with Gasteiger partial charge in [0.05, 0.1) is 17.9 Å². The van der Waals surface area contributed by atoms with Crippen LogP contribution < -0.4 is 11.1 Å². The first-order chi connectivity index (χ1) is 8.27. The van der Waals surface area contributed by atoms with Crippen LogP contribution in [-0.2, 0) is 6.54 Å². The number of hydrogen-bond donors (Lipinski definition) is 3. The first-order valence-corrected chi connectivity index (χ1v) is 5.58. The molecule has 0 spiro atoms. The average Bonchev–Trinajstić information content (AvgIpc) is 2.51. The van der Waals surface area contributed by atoms with Gasteiger partial charge in [0.25, 0.3) is 0 Å². The van der Waals surface area contributed by atoms with Crippen molar-refractivity contribution in [2.75, 3.05) is 17.6 Å². The number of aliphatic hydroxyl groups is 1. The number of anilines is 2. The molecule has 1 atom stereocenters. The van der Waals surface area contributed by atoms with Gasteiger partial charge >= 0.3 is 6.18 Å². The Morgan fingerprint density at radius 3 is 2.61 bits per heavy atom. The van der Waals surface area contributed by atoms with Gasteiger partial charge in [-0.1, -0.05) is 6.92 Å². The lowest BCUT2D eigenvalue weighted by molar-refractivity contribution is -0.198. The summed E-state index contributed by atoms with van der Waals surface area (Å²) in [5.41, 5.74) is 6.57. The van der Waals surface area contributed by atoms with E-state index < -0.39 is 18.8 Å². The van der Waals surface area contributed by atoms with E-state index in [1.54, 1.807) is 6.92 Å². The lowest BCUT2D eigenvalue weighted by atomic mass is 10.3. The van der Waals surface area contributed by atoms with Crippen molar-refractivity contribution >= 4 is 11.5 Å². The molecule has 0 bridgehead atoms. The standard InChI is InChI=1S/C10H17F3N4O/c1-3-4-17-9(8(14)6(2)16-17)15-5-7(18)10(11,12)13/h7,15,18H,3-5,14H2,1-2H3. The number of nitrogen functional groups attached to an aromatic ring is 1. The summed E-state index contributed by atoms with van der Waals surface area (Å²) >= 11 is 0. The van der Waals surface area contributed by atoms with E-state index in [0.29, 0.717) is 23.7 Å². The van der Waals surface area contributed by atoms with Crippen molar-refractivity contribution in [3.8, 4) is 0 Å². The number of nitrogens with one attached hydrogen (secondary N) is 1. The molecule has 0 aliphatic carbocycles. The van der Waals surface area contributed by atoms with Crippen LogP contribution in [0.3, 0.4) is 0 Å². The molecule has 1 heterocycles. The summed E-state index contributed by atoms with van der Waals surface area (Å²) < 4.78 is 38.0. The van der Waals surface area contributed by atoms with Gasteiger partial charge in [-0.05, 0) is 13.3 Å². The van der Waals surface area contributed by atoms with Crippen LogP contribution in [0.2, 0.25) is 0 Å². The molecule has 8 heteroatoms. The van der Waals surface area contributed by atoms with Crippen LogP contribution in [0.4, 0.5) is 24.7 Å². The van der Waals surface area contributed by atoms with Crippen LogP contribution in [-0.4, -0.2) is 33.7 Å². The topological polar surface area (TPSA) is 76.1 Å². The van der Waals surface area contributed by atoms with Crippen molar-refractivity contribution in [2.45, 2.75) is 39.1 Å². The summed E-state index contributed by atoms with van der Waals surface area (Å²) in [6, 6.07) is 0. The molecular weight excluding hydrogens is 249 g/mol. The normalized spacial score (nSPS) is 13.7. The highest BCUT2D eigenvalue weighted by molar-refractivity contribution is 5.64. The average molecular weight is 266 g/mol. The zero-order valence-electron chi connectivity index (χ0n) is 10.3. The maximum Gasteiger partial charge on any atom is 0.416 e. The molecule has 104 valence electrons. The van der Waals surface area contributed by atoms with Gasteiger partial charge < -0.3 is 16.2 Å². The summed E-state index contributed by atoms with van der Waals surface area (Å²) in [7, 11) is 0. The van der Waals surface area contributed by atoms with Gasteiger partial charge in [0.1, 0.15) is 5.82 Å². The van der Waals surface area contributed by atoms with Gasteiger partial charge in [0.15, 0.2) is 6.10 Å². The van der Waals surface area contributed by atoms with Crippen molar-refractivity contribution in [3.05, 3.63) is 5.69 Å². The Morgan fingerprint density at radius 1 is 1.50 bits per heavy atom. The number of alkyl halides is 3. The molecule has 0 fully saturated rings. The van der Waals surface area contributed by atoms with E-state index in [4.69, 9.17) is 10.8 Å². The zero-order chi connectivity index (χ0) is 13.9. The van der Waals surface area contributed by atoms with Crippen molar-refractivity contribution < 1.29 is 18.3 Å². The second kappa shape index (κ2) is 5.47. The van der Waals surface area contributed by atoms with Gasteiger partial charge in [-0.2, -0.15) is 18.3 Å². The van der Waals surface area contributed by atoms with Gasteiger partial charge in [-0.15, -0.1) is 0 Å². The number of aliphatic hydroxyl groups excluding tert-OH is 1. The highest BCUT2D eigenvalue weighted by Crippen LogP contribution is 2.24. The molecule has 18 heavy (non-hydrogen) atoms. The fourth-order valence-electron chi connectivity index (χ4n) is 1.46. The van der Waals surface area contributed by atoms with Crippen LogP contribution in [0.15, 0.2) is 0 Å². The van der Waals surface area contributed by atoms with E-state index >= 15 is 0 Å². The van der Waals surface area contributed by atoms with Crippen molar-refractivity contribution in [1.82, 2.24) is 9.78 Å². The lowest BCUT2D eigenvalue weighted by Crippen LogP contribution is -2.35. The number of rotatable bonds is 5. The molecule has 1 aromatic heterocycles. The Morgan fingerprint density at radius 2 is 2.11 bits per heavy atom. The number of halogens is 3. The lowest BCUT2D eigenvalue weighted by Gasteiger charge is -2.16. The van der Waals surface area contributed by atoms with Crippen LogP contribution >= 0.6 is 0 Å². The molecule has 1 aromatic rings. The molecule has 0 aliphatic rings. The smallest absolute Gasteiger partial charge is 0.394 e. The molecule has 0 aliphatic heterocycles. The molecule has 0 saturated carbocycles. The van der Waals surface area contributed by atoms with E-state index in [1.807, 2.05) is 6.92 Å². The zero-order valence-corrected chi connectivity index (χ0v) is 10.3. The first kappa shape index (κ1) is 14.6. The number of nitrogens with zero attached hydrogens (tertiary/aromatic N) is 2. The van der Waals surface area contributed by atoms with E-state index in [0.717, 1.165) is 6.42 Å². The minimum absolute atomic E-state index is 0.304. The molecule has 0 saturated heterocycles. The Kier molecular flexibility index (Phi) is 4.44. The largest absolute Gasteiger partial charge is 0.416 e. The third kappa shape index (κ3) is 3.28. The Balaban J connectivity index is 2.78. The summed E-state index contributed by atoms with van der Waals surface area (Å²) in [4.78, 5) is 0. The van der Waals surface area contributed by atoms with Gasteiger partial charge in [0.2, 0.25) is 0 Å². The van der Waals surface area contributed by atoms with Crippen LogP contribution in [0.5, 0.6) is 0 Å². The summed E-state index contributed by atoms with van der Waals surface area (Å²) in [6.07, 6.45) is -6.30. The summed E-state index contributed by atoms with van der Waals surface area (Å²) in [6.45, 7) is 3.49. The highest BCUT2D eigenvalue weighted by Gasteiger charge is 2.38. The van der Waals surface area contributed by atoms with Gasteiger partial charge in [-0.3, -0.25) is 0 Å². The van der Waals surface area contributed by atoms with E-state index in [-0.39, 0.29) is 0 Å². The summed E-state index contributed by atoms with van der Waals surface area (Å²) in [5.74, 6) is 0.317. The third-order valence-corrected chi connectivity index (χ3v) is 2.45. The minimum atomic E-state index is -4.65. The van der Waals surface area contributed by atoms with Gasteiger partial charge in [-0.25, -0.2) is 4.68 Å². The predicted molar refractivity (Wildman–Crippen MR) is 62.2 cm³/mol. The number of aromatic nitrogens is 2. The fraction of sp³-hybridized carbons (Fsp3) is 0.700. The van der Waals surface area contributed by atoms with Gasteiger partial charge in [0, 0.05) is 6.54 Å². The fourth-order valence-corrected chi connectivity index (χ4v) is 1.46. The maximum absolute atomic E-state index is 12.2. The molecule has 5 nitrogen and oxygen atoms in total. The van der Waals surface area contributed by atoms with Crippen molar-refractivity contribution in [2.24, 2.45) is 0 Å². The quantitative estimate of drug-likeness (QED) is 0.755. The monoisotopic (exact) mass is 266 g/mol. The Hall–Kier alpha value is -1.44. The predicted octanol–water partition coefficient (Wildman–Crippen LogP) is 1.52. The number of hydrogen-bond acceptors (Lipinski definition) is 4. The second-order valence-electron chi connectivity index (χ2n) is 4.01. The molecule has 1 unspecified atom stereocenters. The Bertz CT molecular complexity index is 403. The van der Waals surface area contributed by atoms with E-state index in [9.17, 15) is 13.2 Å². The van der Waals surface area contributed by atoms with Crippen LogP contribution in [0.1, 0.15) is 19.0 Å². The SMILES string of the molecule is CCCn1nc(C)c(N)c1NCC(O)C(F)(F)F. The summed E-state index contributed by atoms with van der Waals surface area (Å²) in [5, 5.41) is 15.5. The number of nitrogens with two attached hydrogens (primary N) is 1. The molecule has 1 rings (SSSR count). The molecule has 0 amide bonds. The molecular formula is C10H17F3N4O. The highest BCUT2D eigenvalue weighted by atomic mass is 19.4. The van der Waals surface area contributed by atoms with Crippen LogP contribution in [0, 0.1) is 6.92 Å². The van der Waals surface area contributed by atoms with Crippen molar-refractivity contribution in [1.29, 1.82) is 0 Å².